The van der Waals surface area contributed by atoms with Gasteiger partial charge in [-0.25, -0.2) is 18.5 Å². The number of rotatable bonds is 8. The maximum Gasteiger partial charge on any atom is 0.536 e. The van der Waals surface area contributed by atoms with E-state index in [0.29, 0.717) is 0 Å². The molecule has 24 heavy (non-hydrogen) atoms. The second-order valence-electron chi connectivity index (χ2n) is 3.97. The van der Waals surface area contributed by atoms with Gasteiger partial charge in [0, 0.05) is 0 Å². The minimum atomic E-state index is -5.82. The van der Waals surface area contributed by atoms with Gasteiger partial charge >= 0.3 is 29.4 Å². The van der Waals surface area contributed by atoms with E-state index in [1.165, 1.54) is 0 Å². The third kappa shape index (κ3) is 5.92. The first kappa shape index (κ1) is 21.2. The second kappa shape index (κ2) is 7.20. The summed E-state index contributed by atoms with van der Waals surface area (Å²) in [6.07, 6.45) is -3.88. The Labute approximate surface area is 132 Å². The summed E-state index contributed by atoms with van der Waals surface area (Å²) in [4.78, 5) is 46.0. The highest BCUT2D eigenvalue weighted by atomic mass is 31.3. The average molecular weight is 416 g/mol. The van der Waals surface area contributed by atoms with E-state index in [1.807, 2.05) is 0 Å². The maximum absolute atomic E-state index is 11.6. The molecule has 0 fully saturated rings. The van der Waals surface area contributed by atoms with Crippen LogP contribution in [0.2, 0.25) is 0 Å². The first-order valence-corrected chi connectivity index (χ1v) is 9.96. The topological polar surface area (TPSA) is 247 Å². The molecule has 0 aromatic heterocycles. The smallest absolute Gasteiger partial charge is 0.499 e. The van der Waals surface area contributed by atoms with Crippen LogP contribution in [-0.4, -0.2) is 59.7 Å². The van der Waals surface area contributed by atoms with E-state index < -0.39 is 59.8 Å². The molecule has 15 nitrogen and oxygen atoms in total. The number of cyclic esters (lactones) is 1. The number of ether oxygens (including phenoxy) is 1. The van der Waals surface area contributed by atoms with Crippen molar-refractivity contribution in [3.63, 3.8) is 0 Å². The van der Waals surface area contributed by atoms with Crippen molar-refractivity contribution in [1.29, 1.82) is 0 Å². The van der Waals surface area contributed by atoms with Crippen LogP contribution in [-0.2, 0) is 36.4 Å². The van der Waals surface area contributed by atoms with Crippen molar-refractivity contribution in [2.45, 2.75) is 12.2 Å². The van der Waals surface area contributed by atoms with Gasteiger partial charge in [-0.3, -0.25) is 4.89 Å². The van der Waals surface area contributed by atoms with E-state index in [0.717, 1.165) is 0 Å². The van der Waals surface area contributed by atoms with Crippen molar-refractivity contribution < 1.29 is 71.3 Å². The SMILES string of the molecule is O=C1O[C@H]([C@@H](O)CO)C(OP(=O)(O)OP(=O)(O)OP(=O)(O)O)=C1O. The largest absolute Gasteiger partial charge is 0.536 e. The zero-order valence-corrected chi connectivity index (χ0v) is 13.8. The summed E-state index contributed by atoms with van der Waals surface area (Å²) in [5.74, 6) is -4.18. The molecule has 1 heterocycles. The fourth-order valence-corrected chi connectivity index (χ4v) is 4.40. The molecule has 0 saturated carbocycles. The Morgan fingerprint density at radius 2 is 1.62 bits per heavy atom. The number of carbonyl (C=O) groups excluding carboxylic acids is 1. The molecule has 4 atom stereocenters. The zero-order chi connectivity index (χ0) is 18.9. The lowest BCUT2D eigenvalue weighted by Crippen LogP contribution is -2.32. The first-order chi connectivity index (χ1) is 10.7. The molecule has 0 saturated heterocycles. The summed E-state index contributed by atoms with van der Waals surface area (Å²) >= 11 is 0. The minimum Gasteiger partial charge on any atom is -0.499 e. The number of carbonyl (C=O) groups is 1. The van der Waals surface area contributed by atoms with Gasteiger partial charge in [-0.1, -0.05) is 0 Å². The van der Waals surface area contributed by atoms with Crippen LogP contribution in [0.4, 0.5) is 0 Å². The number of phosphoric ester groups is 1. The first-order valence-electron chi connectivity index (χ1n) is 5.44. The van der Waals surface area contributed by atoms with Gasteiger partial charge in [0.1, 0.15) is 6.10 Å². The lowest BCUT2D eigenvalue weighted by molar-refractivity contribution is -0.147. The van der Waals surface area contributed by atoms with Crippen molar-refractivity contribution in [3.8, 4) is 0 Å². The Morgan fingerprint density at radius 3 is 2.08 bits per heavy atom. The molecule has 0 aromatic rings. The summed E-state index contributed by atoms with van der Waals surface area (Å²) in [5.41, 5.74) is 0. The van der Waals surface area contributed by atoms with Crippen LogP contribution < -0.4 is 0 Å². The second-order valence-corrected chi connectivity index (χ2v) is 8.32. The van der Waals surface area contributed by atoms with E-state index in [1.54, 1.807) is 0 Å². The maximum atomic E-state index is 11.6. The summed E-state index contributed by atoms with van der Waals surface area (Å²) < 4.78 is 48.4. The van der Waals surface area contributed by atoms with Crippen molar-refractivity contribution >= 4 is 29.4 Å². The number of esters is 1. The van der Waals surface area contributed by atoms with Gasteiger partial charge in [-0.15, -0.1) is 0 Å². The molecule has 0 aromatic carbocycles. The highest BCUT2D eigenvalue weighted by Gasteiger charge is 2.47. The zero-order valence-electron chi connectivity index (χ0n) is 11.1. The molecule has 0 amide bonds. The van der Waals surface area contributed by atoms with E-state index >= 15 is 0 Å². The highest BCUT2D eigenvalue weighted by molar-refractivity contribution is 7.66. The molecule has 140 valence electrons. The van der Waals surface area contributed by atoms with E-state index in [9.17, 15) is 33.6 Å². The van der Waals surface area contributed by atoms with Gasteiger partial charge < -0.3 is 39.3 Å². The molecular weight excluding hydrogens is 405 g/mol. The standard InChI is InChI=1S/C6H11O15P3/c7-1-2(8)4-5(3(9)6(10)18-4)19-23(14,15)21-24(16,17)20-22(11,12)13/h2,4,7-9H,1H2,(H,14,15)(H,16,17)(H2,11,12,13)/t2-,4+/m0/s1. The van der Waals surface area contributed by atoms with Crippen molar-refractivity contribution in [2.24, 2.45) is 0 Å². The predicted molar refractivity (Wildman–Crippen MR) is 67.6 cm³/mol. The Hall–Kier alpha value is -0.820. The van der Waals surface area contributed by atoms with Crippen molar-refractivity contribution in [2.75, 3.05) is 6.61 Å². The number of hydrogen-bond acceptors (Lipinski definition) is 11. The summed E-state index contributed by atoms with van der Waals surface area (Å²) in [6, 6.07) is 0. The summed E-state index contributed by atoms with van der Waals surface area (Å²) in [6.45, 7) is -1.05. The predicted octanol–water partition coefficient (Wildman–Crippen LogP) is -1.62. The molecule has 18 heteroatoms. The Kier molecular flexibility index (Phi) is 6.36. The molecule has 0 radical (unpaired) electrons. The number of hydrogen-bond donors (Lipinski definition) is 7. The Morgan fingerprint density at radius 1 is 1.08 bits per heavy atom. The van der Waals surface area contributed by atoms with Gasteiger partial charge in [0.05, 0.1) is 6.61 Å². The summed E-state index contributed by atoms with van der Waals surface area (Å²) in [5, 5.41) is 27.4. The molecule has 0 bridgehead atoms. The molecule has 2 unspecified atom stereocenters. The van der Waals surface area contributed by atoms with Crippen LogP contribution in [0.5, 0.6) is 0 Å². The van der Waals surface area contributed by atoms with Crippen LogP contribution in [0.1, 0.15) is 0 Å². The minimum absolute atomic E-state index is 1.05. The molecule has 7 N–H and O–H groups in total. The average Bonchev–Trinajstić information content (AvgIpc) is 2.61. The molecule has 1 rings (SSSR count). The van der Waals surface area contributed by atoms with Gasteiger partial charge in [0.25, 0.3) is 0 Å². The van der Waals surface area contributed by atoms with E-state index in [4.69, 9.17) is 19.8 Å². The lowest BCUT2D eigenvalue weighted by atomic mass is 10.2. The number of aliphatic hydroxyl groups is 3. The Bertz CT molecular complexity index is 675. The van der Waals surface area contributed by atoms with Crippen LogP contribution in [0.25, 0.3) is 0 Å². The fourth-order valence-electron chi connectivity index (χ4n) is 1.32. The van der Waals surface area contributed by atoms with E-state index in [2.05, 4.69) is 17.9 Å². The highest BCUT2D eigenvalue weighted by Crippen LogP contribution is 2.67. The van der Waals surface area contributed by atoms with Gasteiger partial charge in [0.15, 0.2) is 6.10 Å². The third-order valence-corrected chi connectivity index (χ3v) is 5.84. The third-order valence-electron chi connectivity index (χ3n) is 2.09. The monoisotopic (exact) mass is 416 g/mol. The van der Waals surface area contributed by atoms with Gasteiger partial charge in [-0.2, -0.15) is 8.62 Å². The van der Waals surface area contributed by atoms with E-state index in [-0.39, 0.29) is 0 Å². The van der Waals surface area contributed by atoms with Crippen LogP contribution in [0, 0.1) is 0 Å². The van der Waals surface area contributed by atoms with Crippen LogP contribution >= 0.6 is 23.5 Å². The molecular formula is C6H11O15P3. The quantitative estimate of drug-likeness (QED) is 0.173. The van der Waals surface area contributed by atoms with Crippen LogP contribution in [0.3, 0.4) is 0 Å². The normalized spacial score (nSPS) is 24.9. The molecule has 1 aliphatic rings. The number of phosphoric acid groups is 3. The molecule has 0 aliphatic carbocycles. The van der Waals surface area contributed by atoms with Crippen LogP contribution in [0.15, 0.2) is 11.5 Å². The fraction of sp³-hybridized carbons (Fsp3) is 0.500. The van der Waals surface area contributed by atoms with Gasteiger partial charge in [-0.05, 0) is 0 Å². The lowest BCUT2D eigenvalue weighted by Gasteiger charge is -2.21. The number of aliphatic hydroxyl groups excluding tert-OH is 3. The van der Waals surface area contributed by atoms with Gasteiger partial charge in [0.2, 0.25) is 11.5 Å². The summed E-state index contributed by atoms with van der Waals surface area (Å²) in [7, 11) is -17.1. The molecule has 0 spiro atoms. The van der Waals surface area contributed by atoms with Crippen molar-refractivity contribution in [1.82, 2.24) is 0 Å². The molecule has 1 aliphatic heterocycles. The Balaban J connectivity index is 3.00. The van der Waals surface area contributed by atoms with Crippen molar-refractivity contribution in [3.05, 3.63) is 11.5 Å².